The molecule has 2 aromatic carbocycles. The van der Waals surface area contributed by atoms with Gasteiger partial charge in [0.15, 0.2) is 0 Å². The number of halogens is 1. The van der Waals surface area contributed by atoms with Crippen molar-refractivity contribution in [1.82, 2.24) is 0 Å². The van der Waals surface area contributed by atoms with Crippen molar-refractivity contribution in [3.8, 4) is 5.75 Å². The van der Waals surface area contributed by atoms with E-state index in [1.807, 2.05) is 30.3 Å². The summed E-state index contributed by atoms with van der Waals surface area (Å²) in [5.41, 5.74) is 6.85. The van der Waals surface area contributed by atoms with Gasteiger partial charge in [0.2, 0.25) is 0 Å². The number of rotatable bonds is 5. The van der Waals surface area contributed by atoms with Crippen LogP contribution in [0.25, 0.3) is 0 Å². The second-order valence-electron chi connectivity index (χ2n) is 4.05. The van der Waals surface area contributed by atoms with Crippen LogP contribution < -0.4 is 10.5 Å². The number of ether oxygens (including phenoxy) is 1. The molecule has 0 aliphatic heterocycles. The van der Waals surface area contributed by atoms with Crippen LogP contribution in [0.1, 0.15) is 10.8 Å². The zero-order valence-corrected chi connectivity index (χ0v) is 11.5. The highest BCUT2D eigenvalue weighted by Crippen LogP contribution is 2.36. The van der Waals surface area contributed by atoms with Gasteiger partial charge in [-0.15, -0.1) is 11.8 Å². The van der Waals surface area contributed by atoms with E-state index >= 15 is 0 Å². The van der Waals surface area contributed by atoms with Gasteiger partial charge in [0.05, 0.1) is 7.11 Å². The molecule has 100 valence electrons. The third-order valence-electron chi connectivity index (χ3n) is 2.79. The molecule has 4 heteroatoms. The smallest absolute Gasteiger partial charge is 0.136 e. The summed E-state index contributed by atoms with van der Waals surface area (Å²) in [6, 6.07) is 14.4. The van der Waals surface area contributed by atoms with Crippen LogP contribution in [0.3, 0.4) is 0 Å². The van der Waals surface area contributed by atoms with E-state index < -0.39 is 0 Å². The van der Waals surface area contributed by atoms with Gasteiger partial charge >= 0.3 is 0 Å². The van der Waals surface area contributed by atoms with Crippen LogP contribution in [-0.2, 0) is 0 Å². The van der Waals surface area contributed by atoms with Crippen molar-refractivity contribution in [3.63, 3.8) is 0 Å². The first-order valence-electron chi connectivity index (χ1n) is 6.00. The molecule has 0 amide bonds. The van der Waals surface area contributed by atoms with Gasteiger partial charge in [0.1, 0.15) is 11.6 Å². The van der Waals surface area contributed by atoms with Crippen molar-refractivity contribution in [1.29, 1.82) is 0 Å². The van der Waals surface area contributed by atoms with E-state index in [4.69, 9.17) is 10.5 Å². The van der Waals surface area contributed by atoms with Crippen molar-refractivity contribution >= 4 is 11.8 Å². The molecule has 1 unspecified atom stereocenters. The fourth-order valence-corrected chi connectivity index (χ4v) is 2.81. The summed E-state index contributed by atoms with van der Waals surface area (Å²) in [6.07, 6.45) is 0. The van der Waals surface area contributed by atoms with E-state index in [1.165, 1.54) is 17.8 Å². The largest absolute Gasteiger partial charge is 0.497 e. The Hall–Kier alpha value is -1.52. The Balaban J connectivity index is 2.22. The lowest BCUT2D eigenvalue weighted by Crippen LogP contribution is -2.09. The van der Waals surface area contributed by atoms with Crippen LogP contribution in [0.5, 0.6) is 5.75 Å². The number of hydrogen-bond acceptors (Lipinski definition) is 3. The maximum absolute atomic E-state index is 13.7. The van der Waals surface area contributed by atoms with Crippen LogP contribution >= 0.6 is 11.8 Å². The molecule has 0 radical (unpaired) electrons. The maximum atomic E-state index is 13.7. The van der Waals surface area contributed by atoms with E-state index in [1.54, 1.807) is 19.2 Å². The van der Waals surface area contributed by atoms with E-state index in [2.05, 4.69) is 0 Å². The van der Waals surface area contributed by atoms with Crippen LogP contribution in [0.15, 0.2) is 53.4 Å². The number of nitrogens with two attached hydrogens (primary N) is 1. The lowest BCUT2D eigenvalue weighted by Gasteiger charge is -2.16. The van der Waals surface area contributed by atoms with Gasteiger partial charge in [-0.1, -0.05) is 24.3 Å². The Labute approximate surface area is 116 Å². The molecule has 0 saturated heterocycles. The molecular formula is C15H16FNOS. The molecule has 0 bridgehead atoms. The molecule has 0 fully saturated rings. The summed E-state index contributed by atoms with van der Waals surface area (Å²) in [4.78, 5) is 0.612. The first kappa shape index (κ1) is 13.9. The number of hydrogen-bond donors (Lipinski definition) is 1. The second kappa shape index (κ2) is 6.59. The molecule has 0 spiro atoms. The molecule has 2 N–H and O–H groups in total. The van der Waals surface area contributed by atoms with E-state index in [9.17, 15) is 4.39 Å². The molecule has 2 nitrogen and oxygen atoms in total. The van der Waals surface area contributed by atoms with Gasteiger partial charge in [-0.3, -0.25) is 0 Å². The number of thioether (sulfide) groups is 1. The highest BCUT2D eigenvalue weighted by atomic mass is 32.2. The van der Waals surface area contributed by atoms with Gasteiger partial charge < -0.3 is 10.5 Å². The summed E-state index contributed by atoms with van der Waals surface area (Å²) in [6.45, 7) is 0.437. The van der Waals surface area contributed by atoms with Gasteiger partial charge in [-0.2, -0.15) is 0 Å². The molecule has 0 aliphatic carbocycles. The Kier molecular flexibility index (Phi) is 4.82. The topological polar surface area (TPSA) is 35.2 Å². The van der Waals surface area contributed by atoms with Crippen LogP contribution in [0.2, 0.25) is 0 Å². The number of benzene rings is 2. The summed E-state index contributed by atoms with van der Waals surface area (Å²) in [5.74, 6) is 0.568. The van der Waals surface area contributed by atoms with Crippen molar-refractivity contribution in [2.75, 3.05) is 13.7 Å². The highest BCUT2D eigenvalue weighted by Gasteiger charge is 2.14. The van der Waals surface area contributed by atoms with Crippen molar-refractivity contribution < 1.29 is 9.13 Å². The zero-order valence-electron chi connectivity index (χ0n) is 10.7. The molecule has 19 heavy (non-hydrogen) atoms. The fourth-order valence-electron chi connectivity index (χ4n) is 1.79. The van der Waals surface area contributed by atoms with Crippen molar-refractivity contribution in [3.05, 3.63) is 59.9 Å². The molecule has 1 atom stereocenters. The monoisotopic (exact) mass is 277 g/mol. The third kappa shape index (κ3) is 3.49. The van der Waals surface area contributed by atoms with E-state index in [0.717, 1.165) is 11.3 Å². The molecule has 0 saturated carbocycles. The molecule has 0 heterocycles. The second-order valence-corrected chi connectivity index (χ2v) is 5.29. The lowest BCUT2D eigenvalue weighted by molar-refractivity contribution is 0.414. The van der Waals surface area contributed by atoms with E-state index in [-0.39, 0.29) is 11.1 Å². The summed E-state index contributed by atoms with van der Waals surface area (Å²) >= 11 is 1.43. The Morgan fingerprint density at radius 1 is 1.21 bits per heavy atom. The lowest BCUT2D eigenvalue weighted by atomic mass is 10.1. The first-order chi connectivity index (χ1) is 9.24. The Morgan fingerprint density at radius 3 is 2.68 bits per heavy atom. The predicted molar refractivity (Wildman–Crippen MR) is 77.0 cm³/mol. The fraction of sp³-hybridized carbons (Fsp3) is 0.200. The zero-order chi connectivity index (χ0) is 13.7. The highest BCUT2D eigenvalue weighted by molar-refractivity contribution is 7.99. The minimum atomic E-state index is -0.214. The van der Waals surface area contributed by atoms with Crippen molar-refractivity contribution in [2.24, 2.45) is 5.73 Å². The standard InChI is InChI=1S/C15H16FNOS/c1-18-12-6-4-5-11(9-12)15(10-17)19-14-8-3-2-7-13(14)16/h2-9,15H,10,17H2,1H3. The quantitative estimate of drug-likeness (QED) is 0.848. The van der Waals surface area contributed by atoms with Crippen LogP contribution in [-0.4, -0.2) is 13.7 Å². The summed E-state index contributed by atoms with van der Waals surface area (Å²) < 4.78 is 18.9. The minimum Gasteiger partial charge on any atom is -0.497 e. The molecular weight excluding hydrogens is 261 g/mol. The minimum absolute atomic E-state index is 0.00648. The van der Waals surface area contributed by atoms with Gasteiger partial charge in [-0.05, 0) is 29.8 Å². The SMILES string of the molecule is COc1cccc(C(CN)Sc2ccccc2F)c1. The predicted octanol–water partition coefficient (Wildman–Crippen LogP) is 3.63. The molecule has 2 aromatic rings. The molecule has 2 rings (SSSR count). The summed E-state index contributed by atoms with van der Waals surface area (Å²) in [7, 11) is 1.63. The molecule has 0 aliphatic rings. The average molecular weight is 277 g/mol. The Bertz CT molecular complexity index is 547. The Morgan fingerprint density at radius 2 is 2.00 bits per heavy atom. The third-order valence-corrected chi connectivity index (χ3v) is 4.12. The van der Waals surface area contributed by atoms with Crippen molar-refractivity contribution in [2.45, 2.75) is 10.1 Å². The van der Waals surface area contributed by atoms with Gasteiger partial charge in [-0.25, -0.2) is 4.39 Å². The molecule has 0 aromatic heterocycles. The van der Waals surface area contributed by atoms with Gasteiger partial charge in [0.25, 0.3) is 0 Å². The van der Waals surface area contributed by atoms with Crippen LogP contribution in [0.4, 0.5) is 4.39 Å². The number of methoxy groups -OCH3 is 1. The maximum Gasteiger partial charge on any atom is 0.136 e. The normalized spacial score (nSPS) is 12.2. The average Bonchev–Trinajstić information content (AvgIpc) is 2.46. The van der Waals surface area contributed by atoms with Gasteiger partial charge in [0, 0.05) is 16.7 Å². The van der Waals surface area contributed by atoms with Crippen LogP contribution in [0, 0.1) is 5.82 Å². The van der Waals surface area contributed by atoms with E-state index in [0.29, 0.717) is 11.4 Å². The summed E-state index contributed by atoms with van der Waals surface area (Å²) in [5, 5.41) is 0.00648. The first-order valence-corrected chi connectivity index (χ1v) is 6.87.